The molecular weight excluding hydrogens is 320 g/mol. The monoisotopic (exact) mass is 346 g/mol. The van der Waals surface area contributed by atoms with Crippen molar-refractivity contribution in [2.75, 3.05) is 52.9 Å². The number of nitrogens with one attached hydrogen (secondary N) is 1. The van der Waals surface area contributed by atoms with Gasteiger partial charge in [-0.15, -0.1) is 0 Å². The third-order valence-electron chi connectivity index (χ3n) is 5.05. The lowest BCUT2D eigenvalue weighted by molar-refractivity contribution is -0.129. The molecule has 0 aliphatic carbocycles. The molecule has 25 heavy (non-hydrogen) atoms. The Hall–Kier alpha value is -1.96. The molecule has 0 unspecified atom stereocenters. The number of hydrogen-bond acceptors (Lipinski definition) is 5. The number of nitrogens with zero attached hydrogens (tertiary/aromatic N) is 3. The summed E-state index contributed by atoms with van der Waals surface area (Å²) in [4.78, 5) is 30.6. The van der Waals surface area contributed by atoms with E-state index in [0.717, 1.165) is 26.2 Å². The van der Waals surface area contributed by atoms with E-state index in [1.165, 1.54) is 0 Å². The van der Waals surface area contributed by atoms with Crippen molar-refractivity contribution < 1.29 is 14.7 Å². The summed E-state index contributed by atoms with van der Waals surface area (Å²) in [5, 5.41) is 13.0. The fourth-order valence-corrected chi connectivity index (χ4v) is 3.44. The Kier molecular flexibility index (Phi) is 5.67. The summed E-state index contributed by atoms with van der Waals surface area (Å²) in [6, 6.07) is 8.82. The van der Waals surface area contributed by atoms with Crippen molar-refractivity contribution >= 4 is 11.8 Å². The highest BCUT2D eigenvalue weighted by Gasteiger charge is 2.38. The summed E-state index contributed by atoms with van der Waals surface area (Å²) in [6.07, 6.45) is -0.530. The summed E-state index contributed by atoms with van der Waals surface area (Å²) in [6.45, 7) is 4.57. The molecule has 0 spiro atoms. The van der Waals surface area contributed by atoms with Gasteiger partial charge in [0.2, 0.25) is 5.91 Å². The molecule has 2 saturated heterocycles. The van der Waals surface area contributed by atoms with Gasteiger partial charge >= 0.3 is 0 Å². The number of amides is 2. The van der Waals surface area contributed by atoms with Crippen LogP contribution in [0.2, 0.25) is 0 Å². The van der Waals surface area contributed by atoms with Crippen LogP contribution in [0.5, 0.6) is 0 Å². The largest absolute Gasteiger partial charge is 0.390 e. The number of carbonyl (C=O) groups is 2. The maximum atomic E-state index is 12.4. The van der Waals surface area contributed by atoms with Gasteiger partial charge in [0.15, 0.2) is 0 Å². The quantitative estimate of drug-likeness (QED) is 0.749. The predicted molar refractivity (Wildman–Crippen MR) is 94.2 cm³/mol. The van der Waals surface area contributed by atoms with Crippen molar-refractivity contribution in [1.82, 2.24) is 20.0 Å². The molecule has 2 amide bonds. The van der Waals surface area contributed by atoms with Crippen LogP contribution >= 0.6 is 0 Å². The van der Waals surface area contributed by atoms with E-state index in [2.05, 4.69) is 22.2 Å². The molecule has 2 fully saturated rings. The second-order valence-corrected chi connectivity index (χ2v) is 6.82. The zero-order valence-electron chi connectivity index (χ0n) is 14.6. The van der Waals surface area contributed by atoms with E-state index in [-0.39, 0.29) is 24.4 Å². The van der Waals surface area contributed by atoms with E-state index >= 15 is 0 Å². The minimum absolute atomic E-state index is 0.0116. The number of aliphatic hydroxyl groups is 1. The Bertz CT molecular complexity index is 602. The van der Waals surface area contributed by atoms with Gasteiger partial charge in [0.25, 0.3) is 5.91 Å². The van der Waals surface area contributed by atoms with Crippen LogP contribution < -0.4 is 5.32 Å². The summed E-state index contributed by atoms with van der Waals surface area (Å²) in [5.41, 5.74) is 0.534. The zero-order chi connectivity index (χ0) is 17.8. The second-order valence-electron chi connectivity index (χ2n) is 6.82. The number of piperazine rings is 1. The molecule has 7 nitrogen and oxygen atoms in total. The number of likely N-dealkylation sites (tertiary alicyclic amines) is 1. The first-order valence-corrected chi connectivity index (χ1v) is 8.76. The van der Waals surface area contributed by atoms with Gasteiger partial charge in [-0.1, -0.05) is 18.2 Å². The molecule has 0 bridgehead atoms. The lowest BCUT2D eigenvalue weighted by Gasteiger charge is -2.37. The summed E-state index contributed by atoms with van der Waals surface area (Å²) >= 11 is 0. The lowest BCUT2D eigenvalue weighted by Crippen LogP contribution is -2.52. The first kappa shape index (κ1) is 17.8. The number of aliphatic hydroxyl groups excluding tert-OH is 1. The number of likely N-dealkylation sites (N-methyl/N-ethyl adjacent to an activating group) is 1. The molecule has 0 saturated carbocycles. The van der Waals surface area contributed by atoms with Crippen molar-refractivity contribution in [2.24, 2.45) is 0 Å². The molecule has 2 atom stereocenters. The maximum Gasteiger partial charge on any atom is 0.251 e. The Morgan fingerprint density at radius 1 is 1.12 bits per heavy atom. The van der Waals surface area contributed by atoms with Crippen LogP contribution in [-0.2, 0) is 4.79 Å². The summed E-state index contributed by atoms with van der Waals surface area (Å²) in [5.74, 6) is -0.413. The van der Waals surface area contributed by atoms with Crippen molar-refractivity contribution in [2.45, 2.75) is 12.1 Å². The molecule has 3 rings (SSSR count). The topological polar surface area (TPSA) is 76.1 Å². The molecule has 0 aromatic heterocycles. The minimum atomic E-state index is -0.530. The molecule has 0 radical (unpaired) electrons. The van der Waals surface area contributed by atoms with Crippen molar-refractivity contribution in [1.29, 1.82) is 0 Å². The van der Waals surface area contributed by atoms with Crippen LogP contribution in [0.15, 0.2) is 30.3 Å². The third kappa shape index (κ3) is 4.36. The van der Waals surface area contributed by atoms with Gasteiger partial charge in [0, 0.05) is 44.8 Å². The molecular formula is C18H26N4O3. The highest BCUT2D eigenvalue weighted by molar-refractivity contribution is 5.96. The van der Waals surface area contributed by atoms with Gasteiger partial charge in [0.05, 0.1) is 18.7 Å². The molecule has 2 aliphatic heterocycles. The summed E-state index contributed by atoms with van der Waals surface area (Å²) < 4.78 is 0. The first-order valence-electron chi connectivity index (χ1n) is 8.76. The Balaban J connectivity index is 1.49. The van der Waals surface area contributed by atoms with Crippen LogP contribution in [0.3, 0.4) is 0 Å². The number of hydrogen-bond donors (Lipinski definition) is 2. The van der Waals surface area contributed by atoms with E-state index in [4.69, 9.17) is 0 Å². The SMILES string of the molecule is CN1CCN([C@@H]2CN(C(=O)CNC(=O)c3ccccc3)C[C@H]2O)CC1. The number of rotatable bonds is 4. The fraction of sp³-hybridized carbons (Fsp3) is 0.556. The predicted octanol–water partition coefficient (Wildman–Crippen LogP) is -0.764. The average molecular weight is 346 g/mol. The molecule has 2 N–H and O–H groups in total. The molecule has 2 aliphatic rings. The summed E-state index contributed by atoms with van der Waals surface area (Å²) in [7, 11) is 2.09. The van der Waals surface area contributed by atoms with Crippen LogP contribution in [0, 0.1) is 0 Å². The van der Waals surface area contributed by atoms with Crippen LogP contribution in [0.4, 0.5) is 0 Å². The van der Waals surface area contributed by atoms with E-state index in [0.29, 0.717) is 18.7 Å². The molecule has 1 aromatic rings. The van der Waals surface area contributed by atoms with Gasteiger partial charge in [-0.3, -0.25) is 14.5 Å². The van der Waals surface area contributed by atoms with E-state index < -0.39 is 6.10 Å². The average Bonchev–Trinajstić information content (AvgIpc) is 3.02. The van der Waals surface area contributed by atoms with Gasteiger partial charge in [-0.2, -0.15) is 0 Å². The number of β-amino-alcohol motifs (C(OH)–C–C–N with tert-alkyl or cyclic N) is 1. The zero-order valence-corrected chi connectivity index (χ0v) is 14.6. The van der Waals surface area contributed by atoms with E-state index in [9.17, 15) is 14.7 Å². The maximum absolute atomic E-state index is 12.4. The van der Waals surface area contributed by atoms with Gasteiger partial charge in [0.1, 0.15) is 0 Å². The van der Waals surface area contributed by atoms with E-state index in [1.807, 2.05) is 6.07 Å². The third-order valence-corrected chi connectivity index (χ3v) is 5.05. The van der Waals surface area contributed by atoms with Crippen LogP contribution in [0.25, 0.3) is 0 Å². The standard InChI is InChI=1S/C18H26N4O3/c1-20-7-9-21(10-8-20)15-12-22(13-16(15)23)17(24)11-19-18(25)14-5-3-2-4-6-14/h2-6,15-16,23H,7-13H2,1H3,(H,19,25)/t15-,16-/m1/s1. The highest BCUT2D eigenvalue weighted by Crippen LogP contribution is 2.18. The Labute approximate surface area is 148 Å². The lowest BCUT2D eigenvalue weighted by atomic mass is 10.1. The normalized spacial score (nSPS) is 25.1. The Morgan fingerprint density at radius 3 is 2.48 bits per heavy atom. The molecule has 1 aromatic carbocycles. The second kappa shape index (κ2) is 7.95. The van der Waals surface area contributed by atoms with Crippen molar-refractivity contribution in [3.8, 4) is 0 Å². The van der Waals surface area contributed by atoms with Gasteiger partial charge in [-0.05, 0) is 19.2 Å². The van der Waals surface area contributed by atoms with Crippen molar-refractivity contribution in [3.05, 3.63) is 35.9 Å². The minimum Gasteiger partial charge on any atom is -0.390 e. The van der Waals surface area contributed by atoms with Gasteiger partial charge < -0.3 is 20.2 Å². The number of carbonyl (C=O) groups excluding carboxylic acids is 2. The molecule has 2 heterocycles. The van der Waals surface area contributed by atoms with Crippen LogP contribution in [0.1, 0.15) is 10.4 Å². The fourth-order valence-electron chi connectivity index (χ4n) is 3.44. The van der Waals surface area contributed by atoms with Crippen molar-refractivity contribution in [3.63, 3.8) is 0 Å². The van der Waals surface area contributed by atoms with Gasteiger partial charge in [-0.25, -0.2) is 0 Å². The van der Waals surface area contributed by atoms with Crippen LogP contribution in [-0.4, -0.2) is 96.6 Å². The highest BCUT2D eigenvalue weighted by atomic mass is 16.3. The molecule has 136 valence electrons. The van der Waals surface area contributed by atoms with E-state index in [1.54, 1.807) is 29.2 Å². The number of benzene rings is 1. The smallest absolute Gasteiger partial charge is 0.251 e. The molecule has 7 heteroatoms. The first-order chi connectivity index (χ1) is 12.0. The Morgan fingerprint density at radius 2 is 1.80 bits per heavy atom.